The first-order valence-corrected chi connectivity index (χ1v) is 13.1. The van der Waals surface area contributed by atoms with Gasteiger partial charge in [-0.3, -0.25) is 4.79 Å². The summed E-state index contributed by atoms with van der Waals surface area (Å²) in [6.45, 7) is 9.23. The molecule has 0 unspecified atom stereocenters. The van der Waals surface area contributed by atoms with Crippen molar-refractivity contribution in [3.63, 3.8) is 0 Å². The summed E-state index contributed by atoms with van der Waals surface area (Å²) < 4.78 is 25.1. The first-order chi connectivity index (χ1) is 15.0. The number of sulfone groups is 1. The summed E-state index contributed by atoms with van der Waals surface area (Å²) >= 11 is 1.31. The van der Waals surface area contributed by atoms with E-state index in [1.807, 2.05) is 11.5 Å². The molecule has 0 saturated carbocycles. The van der Waals surface area contributed by atoms with Crippen LogP contribution in [0.15, 0.2) is 58.6 Å². The molecule has 0 aliphatic heterocycles. The largest absolute Gasteiger partial charge is 0.325 e. The van der Waals surface area contributed by atoms with Gasteiger partial charge in [-0.15, -0.1) is 10.2 Å². The molecule has 0 aliphatic carbocycles. The predicted octanol–water partition coefficient (Wildman–Crippen LogP) is 4.40. The van der Waals surface area contributed by atoms with E-state index in [1.165, 1.54) is 29.5 Å². The van der Waals surface area contributed by atoms with Crippen LogP contribution in [0.4, 0.5) is 5.69 Å². The van der Waals surface area contributed by atoms with Gasteiger partial charge in [-0.2, -0.15) is 0 Å². The molecule has 1 heterocycles. The lowest BCUT2D eigenvalue weighted by atomic mass is 9.87. The van der Waals surface area contributed by atoms with E-state index in [2.05, 4.69) is 60.6 Å². The standard InChI is InChI=1S/C23H28N4O3S2/c1-6-27-21(16-7-9-17(10-8-16)23(2,3)4)25-26-22(27)31-15-20(28)24-18-11-13-19(14-12-18)32(5,29)30/h7-14H,6,15H2,1-5H3,(H,24,28). The number of amides is 1. The minimum atomic E-state index is -3.27. The molecule has 1 N–H and O–H groups in total. The molecule has 3 aromatic rings. The molecule has 9 heteroatoms. The van der Waals surface area contributed by atoms with E-state index in [9.17, 15) is 13.2 Å². The first kappa shape index (κ1) is 24.0. The second-order valence-corrected chi connectivity index (χ2v) is 11.5. The summed E-state index contributed by atoms with van der Waals surface area (Å²) in [6, 6.07) is 14.4. The summed E-state index contributed by atoms with van der Waals surface area (Å²) in [5, 5.41) is 12.1. The van der Waals surface area contributed by atoms with Gasteiger partial charge in [-0.05, 0) is 42.2 Å². The van der Waals surface area contributed by atoms with E-state index in [-0.39, 0.29) is 22.0 Å². The molecule has 0 bridgehead atoms. The van der Waals surface area contributed by atoms with Gasteiger partial charge in [-0.25, -0.2) is 8.42 Å². The van der Waals surface area contributed by atoms with Gasteiger partial charge in [0.25, 0.3) is 0 Å². The highest BCUT2D eigenvalue weighted by Gasteiger charge is 2.17. The Balaban J connectivity index is 1.67. The third kappa shape index (κ3) is 5.77. The Morgan fingerprint density at radius 1 is 1.03 bits per heavy atom. The maximum absolute atomic E-state index is 12.4. The third-order valence-corrected chi connectivity index (χ3v) is 7.04. The lowest BCUT2D eigenvalue weighted by Crippen LogP contribution is -2.14. The number of carbonyl (C=O) groups excluding carboxylic acids is 1. The van der Waals surface area contributed by atoms with Crippen molar-refractivity contribution in [1.82, 2.24) is 14.8 Å². The summed E-state index contributed by atoms with van der Waals surface area (Å²) in [5.74, 6) is 0.727. The van der Waals surface area contributed by atoms with Gasteiger partial charge in [-0.1, -0.05) is 56.8 Å². The number of benzene rings is 2. The molecule has 0 radical (unpaired) electrons. The molecule has 0 spiro atoms. The second-order valence-electron chi connectivity index (χ2n) is 8.51. The number of rotatable bonds is 7. The number of nitrogens with zero attached hydrogens (tertiary/aromatic N) is 3. The SMILES string of the molecule is CCn1c(SCC(=O)Nc2ccc(S(C)(=O)=O)cc2)nnc1-c1ccc(C(C)(C)C)cc1. The smallest absolute Gasteiger partial charge is 0.234 e. The molecule has 0 atom stereocenters. The highest BCUT2D eigenvalue weighted by molar-refractivity contribution is 7.99. The summed E-state index contributed by atoms with van der Waals surface area (Å²) in [7, 11) is -3.27. The van der Waals surface area contributed by atoms with Crippen LogP contribution in [-0.4, -0.2) is 41.1 Å². The Labute approximate surface area is 193 Å². The molecule has 2 aromatic carbocycles. The van der Waals surface area contributed by atoms with Gasteiger partial charge >= 0.3 is 0 Å². The highest BCUT2D eigenvalue weighted by Crippen LogP contribution is 2.27. The second kappa shape index (κ2) is 9.46. The molecule has 0 saturated heterocycles. The van der Waals surface area contributed by atoms with Crippen molar-refractivity contribution in [3.05, 3.63) is 54.1 Å². The molecule has 32 heavy (non-hydrogen) atoms. The summed E-state index contributed by atoms with van der Waals surface area (Å²) in [5.41, 5.74) is 2.85. The third-order valence-electron chi connectivity index (χ3n) is 4.94. The van der Waals surface area contributed by atoms with Crippen LogP contribution in [0.2, 0.25) is 0 Å². The van der Waals surface area contributed by atoms with Crippen molar-refractivity contribution in [2.24, 2.45) is 0 Å². The molecule has 0 aliphatic rings. The maximum Gasteiger partial charge on any atom is 0.234 e. The van der Waals surface area contributed by atoms with E-state index < -0.39 is 9.84 Å². The minimum Gasteiger partial charge on any atom is -0.325 e. The maximum atomic E-state index is 12.4. The minimum absolute atomic E-state index is 0.0798. The molecule has 0 fully saturated rings. The topological polar surface area (TPSA) is 94.0 Å². The van der Waals surface area contributed by atoms with Gasteiger partial charge in [0.2, 0.25) is 5.91 Å². The number of nitrogens with one attached hydrogen (secondary N) is 1. The fourth-order valence-electron chi connectivity index (χ4n) is 3.13. The summed E-state index contributed by atoms with van der Waals surface area (Å²) in [6.07, 6.45) is 1.15. The van der Waals surface area contributed by atoms with Gasteiger partial charge in [0.05, 0.1) is 10.6 Å². The van der Waals surface area contributed by atoms with Crippen LogP contribution in [0.1, 0.15) is 33.3 Å². The van der Waals surface area contributed by atoms with E-state index in [4.69, 9.17) is 0 Å². The number of aromatic nitrogens is 3. The molecule has 1 amide bonds. The zero-order chi connectivity index (χ0) is 23.5. The van der Waals surface area contributed by atoms with Gasteiger partial charge < -0.3 is 9.88 Å². The molecular weight excluding hydrogens is 444 g/mol. The Bertz CT molecular complexity index is 1190. The number of hydrogen-bond donors (Lipinski definition) is 1. The average molecular weight is 473 g/mol. The van der Waals surface area contributed by atoms with Crippen molar-refractivity contribution in [3.8, 4) is 11.4 Å². The quantitative estimate of drug-likeness (QED) is 0.512. The van der Waals surface area contributed by atoms with Gasteiger partial charge in [0.15, 0.2) is 20.8 Å². The monoisotopic (exact) mass is 472 g/mol. The molecule has 7 nitrogen and oxygen atoms in total. The fourth-order valence-corrected chi connectivity index (χ4v) is 4.56. The lowest BCUT2D eigenvalue weighted by Gasteiger charge is -2.19. The van der Waals surface area contributed by atoms with Gasteiger partial charge in [0, 0.05) is 24.1 Å². The normalized spacial score (nSPS) is 12.0. The Hall–Kier alpha value is -2.65. The molecular formula is C23H28N4O3S2. The zero-order valence-corrected chi connectivity index (χ0v) is 20.5. The predicted molar refractivity (Wildman–Crippen MR) is 129 cm³/mol. The lowest BCUT2D eigenvalue weighted by molar-refractivity contribution is -0.113. The van der Waals surface area contributed by atoms with E-state index in [0.29, 0.717) is 17.4 Å². The zero-order valence-electron chi connectivity index (χ0n) is 18.9. The van der Waals surface area contributed by atoms with Crippen LogP contribution >= 0.6 is 11.8 Å². The number of hydrogen-bond acceptors (Lipinski definition) is 6. The van der Waals surface area contributed by atoms with Gasteiger partial charge in [0.1, 0.15) is 0 Å². The van der Waals surface area contributed by atoms with Crippen molar-refractivity contribution in [2.75, 3.05) is 17.3 Å². The number of thioether (sulfide) groups is 1. The van der Waals surface area contributed by atoms with Crippen LogP contribution in [0.5, 0.6) is 0 Å². The molecule has 1 aromatic heterocycles. The fraction of sp³-hybridized carbons (Fsp3) is 0.348. The number of anilines is 1. The van der Waals surface area contributed by atoms with Crippen LogP contribution in [0, 0.1) is 0 Å². The van der Waals surface area contributed by atoms with E-state index >= 15 is 0 Å². The van der Waals surface area contributed by atoms with Crippen LogP contribution in [0.3, 0.4) is 0 Å². The van der Waals surface area contributed by atoms with Crippen molar-refractivity contribution in [1.29, 1.82) is 0 Å². The van der Waals surface area contributed by atoms with Crippen molar-refractivity contribution in [2.45, 2.75) is 49.7 Å². The van der Waals surface area contributed by atoms with Crippen molar-refractivity contribution >= 4 is 33.2 Å². The van der Waals surface area contributed by atoms with E-state index in [1.54, 1.807) is 12.1 Å². The highest BCUT2D eigenvalue weighted by atomic mass is 32.2. The summed E-state index contributed by atoms with van der Waals surface area (Å²) in [4.78, 5) is 12.6. The Kier molecular flexibility index (Phi) is 7.09. The molecule has 170 valence electrons. The van der Waals surface area contributed by atoms with E-state index in [0.717, 1.165) is 17.6 Å². The average Bonchev–Trinajstić information content (AvgIpc) is 3.14. The molecule has 3 rings (SSSR count). The van der Waals surface area contributed by atoms with Crippen LogP contribution < -0.4 is 5.32 Å². The van der Waals surface area contributed by atoms with Crippen molar-refractivity contribution < 1.29 is 13.2 Å². The first-order valence-electron chi connectivity index (χ1n) is 10.3. The number of carbonyl (C=O) groups is 1. The Morgan fingerprint density at radius 3 is 2.19 bits per heavy atom. The van der Waals surface area contributed by atoms with Crippen LogP contribution in [0.25, 0.3) is 11.4 Å². The Morgan fingerprint density at radius 2 is 1.66 bits per heavy atom. The van der Waals surface area contributed by atoms with Crippen LogP contribution in [-0.2, 0) is 26.6 Å².